The lowest BCUT2D eigenvalue weighted by Gasteiger charge is -2.30. The zero-order valence-electron chi connectivity index (χ0n) is 20.8. The molecule has 1 aliphatic heterocycles. The number of aromatic nitrogens is 1. The molecule has 0 radical (unpaired) electrons. The van der Waals surface area contributed by atoms with E-state index in [1.165, 1.54) is 11.8 Å². The van der Waals surface area contributed by atoms with E-state index in [4.69, 9.17) is 5.10 Å². The molecule has 6 nitrogen and oxygen atoms in total. The largest absolute Gasteiger partial charge is 0.336 e. The maximum absolute atomic E-state index is 14.0. The molecule has 1 amide bonds. The molecule has 0 bridgehead atoms. The number of amides is 1. The predicted molar refractivity (Wildman–Crippen MR) is 148 cm³/mol. The van der Waals surface area contributed by atoms with Crippen molar-refractivity contribution in [1.82, 2.24) is 9.58 Å². The summed E-state index contributed by atoms with van der Waals surface area (Å²) in [5.41, 5.74) is 4.63. The number of rotatable bonds is 4. The molecule has 3 aromatic carbocycles. The maximum Gasteiger partial charge on any atom is 0.263 e. The van der Waals surface area contributed by atoms with Crippen molar-refractivity contribution >= 4 is 28.6 Å². The minimum absolute atomic E-state index is 0.0191. The van der Waals surface area contributed by atoms with Gasteiger partial charge in [0, 0.05) is 17.5 Å². The first kappa shape index (κ1) is 23.6. The Morgan fingerprint density at radius 1 is 1.00 bits per heavy atom. The highest BCUT2D eigenvalue weighted by Gasteiger charge is 2.43. The van der Waals surface area contributed by atoms with Crippen LogP contribution < -0.4 is 5.43 Å². The van der Waals surface area contributed by atoms with Gasteiger partial charge in [0.2, 0.25) is 5.43 Å². The first-order valence-corrected chi connectivity index (χ1v) is 12.9. The molecule has 38 heavy (non-hydrogen) atoms. The third-order valence-electron chi connectivity index (χ3n) is 7.45. The average molecular weight is 499 g/mol. The molecular weight excluding hydrogens is 472 g/mol. The van der Waals surface area contributed by atoms with Gasteiger partial charge in [0.15, 0.2) is 0 Å². The minimum atomic E-state index is -0.322. The summed E-state index contributed by atoms with van der Waals surface area (Å²) in [6.45, 7) is -0.0277. The van der Waals surface area contributed by atoms with E-state index in [1.807, 2.05) is 48.5 Å². The fourth-order valence-corrected chi connectivity index (χ4v) is 5.71. The van der Waals surface area contributed by atoms with Crippen LogP contribution in [0.3, 0.4) is 0 Å². The van der Waals surface area contributed by atoms with Gasteiger partial charge in [-0.25, -0.2) is 5.01 Å². The molecule has 6 rings (SSSR count). The van der Waals surface area contributed by atoms with E-state index in [9.17, 15) is 14.9 Å². The van der Waals surface area contributed by atoms with Crippen LogP contribution in [0.25, 0.3) is 17.0 Å². The standard InChI is InChI=1S/C32H26N4O2/c33-19-25-20-35(28-17-8-7-15-26(28)32(25)38)21-29(37)36-31(23-12-5-2-6-13-23)27-16-9-14-24(30(27)34-36)18-22-10-3-1-4-11-22/h1-8,10-13,15,17-18,20,27,31H,9,14,16,21H2/b24-18-. The number of fused-ring (bicyclic) bond motifs is 2. The van der Waals surface area contributed by atoms with Crippen LogP contribution >= 0.6 is 0 Å². The fraction of sp³-hybridized carbons (Fsp3) is 0.188. The van der Waals surface area contributed by atoms with E-state index in [-0.39, 0.29) is 35.4 Å². The van der Waals surface area contributed by atoms with Crippen molar-refractivity contribution in [3.8, 4) is 6.07 Å². The Morgan fingerprint density at radius 2 is 1.71 bits per heavy atom. The van der Waals surface area contributed by atoms with Gasteiger partial charge in [-0.3, -0.25) is 9.59 Å². The lowest BCUT2D eigenvalue weighted by atomic mass is 9.77. The minimum Gasteiger partial charge on any atom is -0.336 e. The third-order valence-corrected chi connectivity index (χ3v) is 7.45. The number of nitrogens with zero attached hydrogens (tertiary/aromatic N) is 4. The SMILES string of the molecule is N#Cc1cn(CC(=O)N2N=C3/C(=C\c4ccccc4)CCCC3C2c2ccccc2)c2ccccc2c1=O. The lowest BCUT2D eigenvalue weighted by Crippen LogP contribution is -2.34. The predicted octanol–water partition coefficient (Wildman–Crippen LogP) is 5.70. The van der Waals surface area contributed by atoms with Crippen molar-refractivity contribution < 1.29 is 4.79 Å². The first-order chi connectivity index (χ1) is 18.6. The number of nitriles is 1. The van der Waals surface area contributed by atoms with Crippen LogP contribution in [0.15, 0.2) is 107 Å². The number of hydrogen-bond acceptors (Lipinski definition) is 4. The van der Waals surface area contributed by atoms with Crippen LogP contribution in [0.2, 0.25) is 0 Å². The summed E-state index contributed by atoms with van der Waals surface area (Å²) in [5, 5.41) is 16.6. The maximum atomic E-state index is 14.0. The number of para-hydroxylation sites is 1. The van der Waals surface area contributed by atoms with E-state index in [0.29, 0.717) is 10.9 Å². The van der Waals surface area contributed by atoms with Gasteiger partial charge in [0.25, 0.3) is 5.91 Å². The second kappa shape index (κ2) is 9.95. The van der Waals surface area contributed by atoms with Crippen LogP contribution in [-0.2, 0) is 11.3 Å². The summed E-state index contributed by atoms with van der Waals surface area (Å²) >= 11 is 0. The number of allylic oxidation sites excluding steroid dienone is 1. The summed E-state index contributed by atoms with van der Waals surface area (Å²) in [5.74, 6) is -0.0806. The quantitative estimate of drug-likeness (QED) is 0.362. The molecule has 1 aliphatic carbocycles. The summed E-state index contributed by atoms with van der Waals surface area (Å²) in [4.78, 5) is 26.6. The number of hydrazone groups is 1. The number of hydrogen-bond donors (Lipinski definition) is 0. The first-order valence-electron chi connectivity index (χ1n) is 12.9. The Hall–Kier alpha value is -4.76. The Labute approximate surface area is 220 Å². The van der Waals surface area contributed by atoms with E-state index in [2.05, 4.69) is 30.3 Å². The lowest BCUT2D eigenvalue weighted by molar-refractivity contribution is -0.134. The van der Waals surface area contributed by atoms with Gasteiger partial charge in [-0.2, -0.15) is 10.4 Å². The highest BCUT2D eigenvalue weighted by molar-refractivity contribution is 6.08. The van der Waals surface area contributed by atoms with Crippen LogP contribution in [0.5, 0.6) is 0 Å². The molecule has 6 heteroatoms. The monoisotopic (exact) mass is 498 g/mol. The molecule has 1 aromatic heterocycles. The molecule has 2 unspecified atom stereocenters. The Morgan fingerprint density at radius 3 is 2.47 bits per heavy atom. The summed E-state index contributed by atoms with van der Waals surface area (Å²) in [7, 11) is 0. The van der Waals surface area contributed by atoms with Gasteiger partial charge in [-0.05, 0) is 54.2 Å². The van der Waals surface area contributed by atoms with Crippen molar-refractivity contribution in [1.29, 1.82) is 5.26 Å². The molecular formula is C32H26N4O2. The number of benzene rings is 3. The highest BCUT2D eigenvalue weighted by atomic mass is 16.2. The van der Waals surface area contributed by atoms with Gasteiger partial charge in [-0.15, -0.1) is 0 Å². The smallest absolute Gasteiger partial charge is 0.263 e. The van der Waals surface area contributed by atoms with Crippen molar-refractivity contribution in [3.63, 3.8) is 0 Å². The van der Waals surface area contributed by atoms with Gasteiger partial charge in [-0.1, -0.05) is 72.8 Å². The molecule has 1 saturated carbocycles. The molecule has 2 atom stereocenters. The van der Waals surface area contributed by atoms with Crippen molar-refractivity contribution in [2.45, 2.75) is 31.8 Å². The summed E-state index contributed by atoms with van der Waals surface area (Å²) in [6.07, 6.45) is 6.58. The van der Waals surface area contributed by atoms with Crippen molar-refractivity contribution in [2.75, 3.05) is 0 Å². The number of carbonyl (C=O) groups is 1. The van der Waals surface area contributed by atoms with Crippen LogP contribution in [0.4, 0.5) is 0 Å². The molecule has 0 N–H and O–H groups in total. The van der Waals surface area contributed by atoms with Crippen LogP contribution in [0, 0.1) is 17.2 Å². The molecule has 2 heterocycles. The van der Waals surface area contributed by atoms with E-state index in [1.54, 1.807) is 27.8 Å². The van der Waals surface area contributed by atoms with Crippen molar-refractivity contribution in [2.24, 2.45) is 11.0 Å². The van der Waals surface area contributed by atoms with E-state index < -0.39 is 0 Å². The van der Waals surface area contributed by atoms with Gasteiger partial charge >= 0.3 is 0 Å². The zero-order chi connectivity index (χ0) is 26.1. The highest BCUT2D eigenvalue weighted by Crippen LogP contribution is 2.44. The van der Waals surface area contributed by atoms with Crippen molar-refractivity contribution in [3.05, 3.63) is 124 Å². The Bertz CT molecular complexity index is 1680. The number of pyridine rings is 1. The molecule has 1 fully saturated rings. The topological polar surface area (TPSA) is 78.5 Å². The van der Waals surface area contributed by atoms with Crippen LogP contribution in [0.1, 0.15) is 42.0 Å². The number of carbonyl (C=O) groups excluding carboxylic acids is 1. The second-order valence-corrected chi connectivity index (χ2v) is 9.79. The molecule has 0 spiro atoms. The molecule has 4 aromatic rings. The zero-order valence-corrected chi connectivity index (χ0v) is 20.8. The van der Waals surface area contributed by atoms with E-state index in [0.717, 1.165) is 36.1 Å². The van der Waals surface area contributed by atoms with E-state index >= 15 is 0 Å². The molecule has 186 valence electrons. The van der Waals surface area contributed by atoms with Crippen LogP contribution in [-0.4, -0.2) is 21.2 Å². The third kappa shape index (κ3) is 4.22. The molecule has 0 saturated heterocycles. The Kier molecular flexibility index (Phi) is 6.19. The van der Waals surface area contributed by atoms with Gasteiger partial charge in [0.05, 0.1) is 17.3 Å². The summed E-state index contributed by atoms with van der Waals surface area (Å²) in [6, 6.07) is 29.1. The average Bonchev–Trinajstić information content (AvgIpc) is 3.36. The normalized spacial score (nSPS) is 19.7. The Balaban J connectivity index is 1.42. The molecule has 2 aliphatic rings. The summed E-state index contributed by atoms with van der Waals surface area (Å²) < 4.78 is 1.70. The van der Waals surface area contributed by atoms with Gasteiger partial charge in [0.1, 0.15) is 18.2 Å². The van der Waals surface area contributed by atoms with Gasteiger partial charge < -0.3 is 4.57 Å². The fourth-order valence-electron chi connectivity index (χ4n) is 5.71. The second-order valence-electron chi connectivity index (χ2n) is 9.79.